The van der Waals surface area contributed by atoms with Crippen LogP contribution in [-0.2, 0) is 0 Å². The Labute approximate surface area is 73.7 Å². The molecular weight excluding hydrogens is 187 g/mol. The van der Waals surface area contributed by atoms with Crippen molar-refractivity contribution in [2.75, 3.05) is 18.1 Å². The monoisotopic (exact) mass is 192 g/mol. The second-order valence-corrected chi connectivity index (χ2v) is 2.49. The van der Waals surface area contributed by atoms with Crippen LogP contribution in [0.4, 0.5) is 11.5 Å². The van der Waals surface area contributed by atoms with Gasteiger partial charge in [-0.25, -0.2) is 4.98 Å². The molecule has 6 heteroatoms. The van der Waals surface area contributed by atoms with Crippen LogP contribution >= 0.6 is 23.2 Å². The van der Waals surface area contributed by atoms with E-state index in [1.807, 2.05) is 0 Å². The van der Waals surface area contributed by atoms with Gasteiger partial charge in [0.2, 0.25) is 5.28 Å². The lowest BCUT2D eigenvalue weighted by atomic mass is 10.5. The number of rotatable bonds is 1. The van der Waals surface area contributed by atoms with Gasteiger partial charge in [0.25, 0.3) is 0 Å². The summed E-state index contributed by atoms with van der Waals surface area (Å²) in [6, 6.07) is 0. The molecule has 0 aliphatic heterocycles. The van der Waals surface area contributed by atoms with Crippen LogP contribution in [0.5, 0.6) is 0 Å². The van der Waals surface area contributed by atoms with E-state index in [9.17, 15) is 0 Å². The molecule has 0 fully saturated rings. The molecule has 11 heavy (non-hydrogen) atoms. The summed E-state index contributed by atoms with van der Waals surface area (Å²) in [5.41, 5.74) is 5.79. The highest BCUT2D eigenvalue weighted by molar-refractivity contribution is 6.34. The van der Waals surface area contributed by atoms with E-state index in [2.05, 4.69) is 15.3 Å². The summed E-state index contributed by atoms with van der Waals surface area (Å²) in [5.74, 6) is 0.440. The van der Waals surface area contributed by atoms with Crippen LogP contribution < -0.4 is 11.1 Å². The Balaban J connectivity index is 3.24. The lowest BCUT2D eigenvalue weighted by Gasteiger charge is -2.03. The van der Waals surface area contributed by atoms with Crippen molar-refractivity contribution in [3.8, 4) is 0 Å². The van der Waals surface area contributed by atoms with E-state index >= 15 is 0 Å². The number of hydrogen-bond acceptors (Lipinski definition) is 4. The first kappa shape index (κ1) is 8.36. The van der Waals surface area contributed by atoms with E-state index in [0.29, 0.717) is 11.5 Å². The summed E-state index contributed by atoms with van der Waals surface area (Å²) < 4.78 is 0. The zero-order valence-electron chi connectivity index (χ0n) is 5.73. The molecule has 0 saturated carbocycles. The second kappa shape index (κ2) is 3.11. The molecule has 0 aliphatic carbocycles. The van der Waals surface area contributed by atoms with E-state index in [4.69, 9.17) is 28.9 Å². The number of halogens is 2. The van der Waals surface area contributed by atoms with Gasteiger partial charge in [0, 0.05) is 7.05 Å². The average molecular weight is 193 g/mol. The van der Waals surface area contributed by atoms with Crippen LogP contribution in [-0.4, -0.2) is 17.0 Å². The Kier molecular flexibility index (Phi) is 2.36. The van der Waals surface area contributed by atoms with Gasteiger partial charge in [-0.05, 0) is 11.6 Å². The molecule has 3 N–H and O–H groups in total. The van der Waals surface area contributed by atoms with Gasteiger partial charge >= 0.3 is 0 Å². The van der Waals surface area contributed by atoms with Crippen molar-refractivity contribution in [1.82, 2.24) is 9.97 Å². The third kappa shape index (κ3) is 1.64. The molecule has 0 amide bonds. The normalized spacial score (nSPS) is 9.73. The summed E-state index contributed by atoms with van der Waals surface area (Å²) in [6.45, 7) is 0. The van der Waals surface area contributed by atoms with Gasteiger partial charge in [0.05, 0.1) is 0 Å². The molecular formula is C5H6Cl2N4. The highest BCUT2D eigenvalue weighted by atomic mass is 35.5. The number of anilines is 2. The Bertz CT molecular complexity index is 275. The molecule has 0 aromatic carbocycles. The van der Waals surface area contributed by atoms with Gasteiger partial charge in [-0.15, -0.1) is 0 Å². The zero-order chi connectivity index (χ0) is 8.43. The molecule has 1 heterocycles. The molecule has 0 radical (unpaired) electrons. The van der Waals surface area contributed by atoms with Crippen LogP contribution in [0, 0.1) is 0 Å². The first-order valence-corrected chi connectivity index (χ1v) is 3.57. The summed E-state index contributed by atoms with van der Waals surface area (Å²) in [5, 5.41) is 2.97. The first-order chi connectivity index (χ1) is 5.15. The molecule has 0 bridgehead atoms. The summed E-state index contributed by atoms with van der Waals surface area (Å²) in [6.07, 6.45) is 0. The van der Waals surface area contributed by atoms with Gasteiger partial charge in [0.1, 0.15) is 5.69 Å². The third-order valence-electron chi connectivity index (χ3n) is 1.11. The van der Waals surface area contributed by atoms with E-state index in [-0.39, 0.29) is 10.4 Å². The van der Waals surface area contributed by atoms with Gasteiger partial charge < -0.3 is 11.1 Å². The number of nitrogens with one attached hydrogen (secondary N) is 1. The fraction of sp³-hybridized carbons (Fsp3) is 0.200. The quantitative estimate of drug-likeness (QED) is 0.522. The standard InChI is InChI=1S/C5H6Cl2N4/c1-9-4-2(8)3(6)10-5(7)11-4/h8H2,1H3,(H,9,10,11). The van der Waals surface area contributed by atoms with Gasteiger partial charge in [-0.2, -0.15) is 4.98 Å². The number of aromatic nitrogens is 2. The Morgan fingerprint density at radius 3 is 2.55 bits per heavy atom. The summed E-state index contributed by atoms with van der Waals surface area (Å²) in [4.78, 5) is 7.42. The molecule has 0 saturated heterocycles. The van der Waals surface area contributed by atoms with Crippen molar-refractivity contribution in [2.24, 2.45) is 0 Å². The predicted molar refractivity (Wildman–Crippen MR) is 46.0 cm³/mol. The Morgan fingerprint density at radius 2 is 2.00 bits per heavy atom. The van der Waals surface area contributed by atoms with E-state index in [1.165, 1.54) is 0 Å². The summed E-state index contributed by atoms with van der Waals surface area (Å²) >= 11 is 11.1. The molecule has 60 valence electrons. The smallest absolute Gasteiger partial charge is 0.225 e. The molecule has 0 atom stereocenters. The van der Waals surface area contributed by atoms with Gasteiger partial charge in [-0.1, -0.05) is 11.6 Å². The van der Waals surface area contributed by atoms with Crippen LogP contribution in [0.3, 0.4) is 0 Å². The van der Waals surface area contributed by atoms with Crippen LogP contribution in [0.2, 0.25) is 10.4 Å². The number of nitrogens with two attached hydrogens (primary N) is 1. The van der Waals surface area contributed by atoms with Gasteiger partial charge in [0.15, 0.2) is 11.0 Å². The second-order valence-electron chi connectivity index (χ2n) is 1.80. The summed E-state index contributed by atoms with van der Waals surface area (Å²) in [7, 11) is 1.67. The van der Waals surface area contributed by atoms with Crippen molar-refractivity contribution in [1.29, 1.82) is 0 Å². The maximum Gasteiger partial charge on any atom is 0.225 e. The predicted octanol–water partition coefficient (Wildman–Crippen LogP) is 1.41. The van der Waals surface area contributed by atoms with Crippen LogP contribution in [0.15, 0.2) is 0 Å². The minimum atomic E-state index is 0.0774. The molecule has 0 unspecified atom stereocenters. The molecule has 4 nitrogen and oxygen atoms in total. The number of hydrogen-bond donors (Lipinski definition) is 2. The molecule has 1 aromatic rings. The lowest BCUT2D eigenvalue weighted by Crippen LogP contribution is -2.01. The van der Waals surface area contributed by atoms with Crippen LogP contribution in [0.1, 0.15) is 0 Å². The maximum atomic E-state index is 5.60. The maximum absolute atomic E-state index is 5.60. The van der Waals surface area contributed by atoms with Crippen molar-refractivity contribution < 1.29 is 0 Å². The zero-order valence-corrected chi connectivity index (χ0v) is 7.24. The average Bonchev–Trinajstić information content (AvgIpc) is 1.96. The topological polar surface area (TPSA) is 63.8 Å². The number of nitrogens with zero attached hydrogens (tertiary/aromatic N) is 2. The molecule has 1 rings (SSSR count). The third-order valence-corrected chi connectivity index (χ3v) is 1.57. The minimum absolute atomic E-state index is 0.0774. The first-order valence-electron chi connectivity index (χ1n) is 2.81. The highest BCUT2D eigenvalue weighted by Gasteiger charge is 2.06. The largest absolute Gasteiger partial charge is 0.393 e. The molecule has 0 aliphatic rings. The van der Waals surface area contributed by atoms with E-state index in [1.54, 1.807) is 7.05 Å². The fourth-order valence-electron chi connectivity index (χ4n) is 0.607. The van der Waals surface area contributed by atoms with Crippen LogP contribution in [0.25, 0.3) is 0 Å². The van der Waals surface area contributed by atoms with Crippen molar-refractivity contribution >= 4 is 34.7 Å². The van der Waals surface area contributed by atoms with Gasteiger partial charge in [-0.3, -0.25) is 0 Å². The highest BCUT2D eigenvalue weighted by Crippen LogP contribution is 2.24. The van der Waals surface area contributed by atoms with Crippen molar-refractivity contribution in [2.45, 2.75) is 0 Å². The fourth-order valence-corrected chi connectivity index (χ4v) is 0.989. The molecule has 1 aromatic heterocycles. The van der Waals surface area contributed by atoms with E-state index in [0.717, 1.165) is 0 Å². The Hall–Kier alpha value is -0.740. The Morgan fingerprint density at radius 1 is 1.36 bits per heavy atom. The number of nitrogen functional groups attached to an aromatic ring is 1. The van der Waals surface area contributed by atoms with Crippen molar-refractivity contribution in [3.05, 3.63) is 10.4 Å². The molecule has 0 spiro atoms. The van der Waals surface area contributed by atoms with Crippen molar-refractivity contribution in [3.63, 3.8) is 0 Å². The lowest BCUT2D eigenvalue weighted by molar-refractivity contribution is 1.16. The van der Waals surface area contributed by atoms with E-state index < -0.39 is 0 Å². The SMILES string of the molecule is CNc1nc(Cl)nc(Cl)c1N. The minimum Gasteiger partial charge on any atom is -0.393 e.